The number of hydrogen-bond acceptors (Lipinski definition) is 3. The number of alkyl halides is 1. The van der Waals surface area contributed by atoms with Crippen molar-refractivity contribution in [2.24, 2.45) is 0 Å². The van der Waals surface area contributed by atoms with Crippen LogP contribution in [0, 0.1) is 0 Å². The molecule has 19 heavy (non-hydrogen) atoms. The van der Waals surface area contributed by atoms with Crippen molar-refractivity contribution in [2.45, 2.75) is 57.5 Å². The van der Waals surface area contributed by atoms with Gasteiger partial charge in [-0.2, -0.15) is 5.10 Å². The van der Waals surface area contributed by atoms with Crippen molar-refractivity contribution >= 4 is 6.09 Å². The number of ether oxygens (including phenoxy) is 1. The molecule has 0 aliphatic carbocycles. The van der Waals surface area contributed by atoms with Gasteiger partial charge in [-0.15, -0.1) is 0 Å². The number of fused-ring (bicyclic) bond motifs is 4. The van der Waals surface area contributed by atoms with Crippen LogP contribution >= 0.6 is 0 Å². The van der Waals surface area contributed by atoms with Gasteiger partial charge in [-0.05, 0) is 33.6 Å². The third-order valence-electron chi connectivity index (χ3n) is 3.71. The van der Waals surface area contributed by atoms with E-state index in [9.17, 15) is 9.18 Å². The maximum Gasteiger partial charge on any atom is 0.411 e. The number of carbonyl (C=O) groups excluding carboxylic acids is 1. The van der Waals surface area contributed by atoms with Crippen LogP contribution in [0.1, 0.15) is 57.1 Å². The summed E-state index contributed by atoms with van der Waals surface area (Å²) >= 11 is 0. The second-order valence-electron chi connectivity index (χ2n) is 6.19. The molecule has 0 spiro atoms. The van der Waals surface area contributed by atoms with Crippen molar-refractivity contribution in [1.29, 1.82) is 0 Å². The van der Waals surface area contributed by atoms with Crippen LogP contribution in [0.2, 0.25) is 0 Å². The molecule has 1 fully saturated rings. The molecule has 1 aromatic rings. The monoisotopic (exact) mass is 267 g/mol. The molecule has 0 saturated carbocycles. The lowest BCUT2D eigenvalue weighted by atomic mass is 9.99. The molecule has 2 aliphatic rings. The fourth-order valence-corrected chi connectivity index (χ4v) is 2.99. The van der Waals surface area contributed by atoms with Crippen molar-refractivity contribution in [1.82, 2.24) is 15.1 Å². The molecule has 1 N–H and O–H groups in total. The van der Waals surface area contributed by atoms with E-state index in [1.807, 2.05) is 20.8 Å². The van der Waals surface area contributed by atoms with Gasteiger partial charge in [-0.3, -0.25) is 10.00 Å². The largest absolute Gasteiger partial charge is 0.444 e. The number of halogens is 1. The van der Waals surface area contributed by atoms with Gasteiger partial charge >= 0.3 is 6.09 Å². The number of aromatic nitrogens is 2. The summed E-state index contributed by atoms with van der Waals surface area (Å²) in [6.45, 7) is 5.44. The molecule has 1 amide bonds. The first-order valence-electron chi connectivity index (χ1n) is 6.57. The zero-order chi connectivity index (χ0) is 13.8. The summed E-state index contributed by atoms with van der Waals surface area (Å²) in [7, 11) is 0. The van der Waals surface area contributed by atoms with Gasteiger partial charge in [0.2, 0.25) is 0 Å². The predicted octanol–water partition coefficient (Wildman–Crippen LogP) is 2.87. The van der Waals surface area contributed by atoms with Gasteiger partial charge in [0.1, 0.15) is 5.60 Å². The molecular formula is C13H18FN3O2. The summed E-state index contributed by atoms with van der Waals surface area (Å²) in [6.07, 6.45) is 1.40. The molecule has 1 aromatic heterocycles. The van der Waals surface area contributed by atoms with E-state index in [-0.39, 0.29) is 6.04 Å². The van der Waals surface area contributed by atoms with E-state index in [0.29, 0.717) is 12.1 Å². The van der Waals surface area contributed by atoms with Crippen LogP contribution in [0.25, 0.3) is 0 Å². The molecule has 0 radical (unpaired) electrons. The van der Waals surface area contributed by atoms with Gasteiger partial charge in [0.05, 0.1) is 24.0 Å². The third kappa shape index (κ3) is 1.89. The highest BCUT2D eigenvalue weighted by Gasteiger charge is 2.50. The van der Waals surface area contributed by atoms with E-state index in [0.717, 1.165) is 12.0 Å². The van der Waals surface area contributed by atoms with Gasteiger partial charge in [-0.1, -0.05) is 0 Å². The maximum absolute atomic E-state index is 14.4. The first kappa shape index (κ1) is 12.4. The van der Waals surface area contributed by atoms with Crippen molar-refractivity contribution in [3.05, 3.63) is 17.5 Å². The smallest absolute Gasteiger partial charge is 0.411 e. The summed E-state index contributed by atoms with van der Waals surface area (Å²) < 4.78 is 19.8. The second kappa shape index (κ2) is 3.95. The third-order valence-corrected chi connectivity index (χ3v) is 3.71. The summed E-state index contributed by atoms with van der Waals surface area (Å²) in [5.41, 5.74) is 0.735. The lowest BCUT2D eigenvalue weighted by molar-refractivity contribution is 0.00107. The summed E-state index contributed by atoms with van der Waals surface area (Å²) in [5, 5.41) is 6.61. The molecule has 0 unspecified atom stereocenters. The Hall–Kier alpha value is -1.59. The lowest BCUT2D eigenvalue weighted by Gasteiger charge is -2.37. The van der Waals surface area contributed by atoms with Gasteiger partial charge in [0.25, 0.3) is 0 Å². The molecule has 6 heteroatoms. The zero-order valence-corrected chi connectivity index (χ0v) is 11.3. The first-order chi connectivity index (χ1) is 8.88. The quantitative estimate of drug-likeness (QED) is 0.786. The van der Waals surface area contributed by atoms with Crippen LogP contribution in [0.4, 0.5) is 9.18 Å². The fraction of sp³-hybridized carbons (Fsp3) is 0.692. The number of amides is 1. The van der Waals surface area contributed by atoms with Crippen molar-refractivity contribution in [3.63, 3.8) is 0 Å². The van der Waals surface area contributed by atoms with E-state index in [1.54, 1.807) is 11.1 Å². The zero-order valence-electron chi connectivity index (χ0n) is 11.3. The Balaban J connectivity index is 1.91. The minimum absolute atomic E-state index is 0.111. The van der Waals surface area contributed by atoms with Crippen LogP contribution < -0.4 is 0 Å². The fourth-order valence-electron chi connectivity index (χ4n) is 2.99. The number of carbonyl (C=O) groups is 1. The summed E-state index contributed by atoms with van der Waals surface area (Å²) in [6, 6.07) is -0.548. The predicted molar refractivity (Wildman–Crippen MR) is 66.3 cm³/mol. The van der Waals surface area contributed by atoms with Crippen molar-refractivity contribution < 1.29 is 13.9 Å². The van der Waals surface area contributed by atoms with Crippen molar-refractivity contribution in [2.75, 3.05) is 0 Å². The maximum atomic E-state index is 14.4. The van der Waals surface area contributed by atoms with E-state index in [1.165, 1.54) is 0 Å². The molecular weight excluding hydrogens is 249 g/mol. The van der Waals surface area contributed by atoms with Crippen LogP contribution in [0.3, 0.4) is 0 Å². The van der Waals surface area contributed by atoms with Gasteiger partial charge in [0, 0.05) is 5.56 Å². The highest BCUT2D eigenvalue weighted by atomic mass is 19.1. The van der Waals surface area contributed by atoms with Crippen molar-refractivity contribution in [3.8, 4) is 0 Å². The van der Waals surface area contributed by atoms with Gasteiger partial charge < -0.3 is 4.74 Å². The van der Waals surface area contributed by atoms with E-state index in [2.05, 4.69) is 10.2 Å². The molecule has 1 saturated heterocycles. The summed E-state index contributed by atoms with van der Waals surface area (Å²) in [4.78, 5) is 13.8. The number of nitrogens with one attached hydrogen (secondary N) is 1. The topological polar surface area (TPSA) is 58.2 Å². The minimum atomic E-state index is -1.20. The van der Waals surface area contributed by atoms with Gasteiger partial charge in [-0.25, -0.2) is 9.18 Å². The Morgan fingerprint density at radius 1 is 1.53 bits per heavy atom. The Morgan fingerprint density at radius 2 is 2.26 bits per heavy atom. The average Bonchev–Trinajstić information content (AvgIpc) is 2.89. The van der Waals surface area contributed by atoms with E-state index in [4.69, 9.17) is 4.74 Å². The Labute approximate surface area is 111 Å². The first-order valence-corrected chi connectivity index (χ1v) is 6.57. The molecule has 3 atom stereocenters. The molecule has 2 bridgehead atoms. The second-order valence-corrected chi connectivity index (χ2v) is 6.19. The molecule has 0 aromatic carbocycles. The average molecular weight is 267 g/mol. The minimum Gasteiger partial charge on any atom is -0.444 e. The molecule has 3 rings (SSSR count). The molecule has 2 aliphatic heterocycles. The Bertz CT molecular complexity index is 508. The highest BCUT2D eigenvalue weighted by molar-refractivity contribution is 5.70. The normalized spacial score (nSPS) is 29.3. The number of rotatable bonds is 0. The van der Waals surface area contributed by atoms with Crippen LogP contribution in [-0.2, 0) is 4.74 Å². The number of H-pyrrole nitrogens is 1. The van der Waals surface area contributed by atoms with Crippen LogP contribution in [-0.4, -0.2) is 32.8 Å². The molecule has 5 nitrogen and oxygen atoms in total. The standard InChI is InChI=1S/C13H18FN3O2/c1-13(2,3)19-12(18)17-8-4-5-9(17)10(14)11-7(8)6-15-16-11/h6,8-10H,4-5H2,1-3H3,(H,15,16)/t8-,9+,10+/m0/s1. The lowest BCUT2D eigenvalue weighted by Crippen LogP contribution is -2.45. The summed E-state index contributed by atoms with van der Waals surface area (Å²) in [5.74, 6) is 0. The number of hydrogen-bond donors (Lipinski definition) is 1. The van der Waals surface area contributed by atoms with Crippen LogP contribution in [0.5, 0.6) is 0 Å². The Morgan fingerprint density at radius 3 is 2.95 bits per heavy atom. The SMILES string of the molecule is CC(C)(C)OC(=O)N1[C@@H]2CC[C@H]1c1cn[nH]c1[C@@H]2F. The Kier molecular flexibility index (Phi) is 2.59. The number of nitrogens with zero attached hydrogens (tertiary/aromatic N) is 2. The highest BCUT2D eigenvalue weighted by Crippen LogP contribution is 2.49. The van der Waals surface area contributed by atoms with E-state index >= 15 is 0 Å². The van der Waals surface area contributed by atoms with Crippen LogP contribution in [0.15, 0.2) is 6.20 Å². The number of aromatic amines is 1. The van der Waals surface area contributed by atoms with Gasteiger partial charge in [0.15, 0.2) is 6.17 Å². The van der Waals surface area contributed by atoms with E-state index < -0.39 is 23.9 Å². The molecule has 104 valence electrons. The molecule has 3 heterocycles.